The molecule has 14 heteroatoms. The molecule has 0 atom stereocenters. The SMILES string of the molecule is Cc1ccc(Cn2c(OCCOc3cccc(OC(F)(F)F)c3)nc(N(C)C(=O)NCCCO)c2C=O)cn1. The van der Waals surface area contributed by atoms with Gasteiger partial charge in [0.1, 0.15) is 30.4 Å². The van der Waals surface area contributed by atoms with Crippen molar-refractivity contribution in [3.63, 3.8) is 0 Å². The van der Waals surface area contributed by atoms with Crippen LogP contribution in [0.25, 0.3) is 0 Å². The van der Waals surface area contributed by atoms with Gasteiger partial charge in [-0.2, -0.15) is 4.98 Å². The van der Waals surface area contributed by atoms with Crippen molar-refractivity contribution in [1.29, 1.82) is 0 Å². The first-order chi connectivity index (χ1) is 18.6. The molecule has 210 valence electrons. The van der Waals surface area contributed by atoms with E-state index in [4.69, 9.17) is 14.6 Å². The largest absolute Gasteiger partial charge is 0.573 e. The van der Waals surface area contributed by atoms with E-state index in [0.29, 0.717) is 12.7 Å². The molecule has 0 aliphatic heterocycles. The van der Waals surface area contributed by atoms with Gasteiger partial charge in [-0.25, -0.2) is 4.79 Å². The van der Waals surface area contributed by atoms with E-state index in [2.05, 4.69) is 20.0 Å². The summed E-state index contributed by atoms with van der Waals surface area (Å²) >= 11 is 0. The van der Waals surface area contributed by atoms with Crippen molar-refractivity contribution in [3.05, 3.63) is 59.5 Å². The zero-order chi connectivity index (χ0) is 28.4. The summed E-state index contributed by atoms with van der Waals surface area (Å²) in [5.41, 5.74) is 1.62. The molecule has 3 aromatic rings. The molecule has 2 aromatic heterocycles. The fraction of sp³-hybridized carbons (Fsp3) is 0.360. The number of amides is 2. The maximum atomic E-state index is 12.6. The van der Waals surface area contributed by atoms with Crippen molar-refractivity contribution < 1.29 is 42.1 Å². The molecule has 0 saturated heterocycles. The van der Waals surface area contributed by atoms with Crippen LogP contribution >= 0.6 is 0 Å². The number of aliphatic hydroxyl groups is 1. The summed E-state index contributed by atoms with van der Waals surface area (Å²) in [5, 5.41) is 11.6. The number of aryl methyl sites for hydroxylation is 1. The number of benzene rings is 1. The van der Waals surface area contributed by atoms with Crippen molar-refractivity contribution >= 4 is 18.1 Å². The Labute approximate surface area is 222 Å². The third-order valence-electron chi connectivity index (χ3n) is 5.23. The van der Waals surface area contributed by atoms with Crippen LogP contribution < -0.4 is 24.4 Å². The number of alkyl halides is 3. The van der Waals surface area contributed by atoms with Crippen LogP contribution in [0, 0.1) is 6.92 Å². The molecule has 0 aliphatic carbocycles. The van der Waals surface area contributed by atoms with Gasteiger partial charge in [0.05, 0.1) is 6.54 Å². The molecule has 2 amide bonds. The molecule has 1 aromatic carbocycles. The number of imidazole rings is 1. The normalized spacial score (nSPS) is 11.1. The van der Waals surface area contributed by atoms with E-state index in [-0.39, 0.29) is 56.2 Å². The predicted octanol–water partition coefficient (Wildman–Crippen LogP) is 3.33. The average molecular weight is 552 g/mol. The predicted molar refractivity (Wildman–Crippen MR) is 133 cm³/mol. The van der Waals surface area contributed by atoms with Crippen LogP contribution in [-0.2, 0) is 6.54 Å². The minimum absolute atomic E-state index is 0.0143. The van der Waals surface area contributed by atoms with E-state index in [1.807, 2.05) is 13.0 Å². The summed E-state index contributed by atoms with van der Waals surface area (Å²) < 4.78 is 54.0. The van der Waals surface area contributed by atoms with Crippen LogP contribution in [0.3, 0.4) is 0 Å². The standard InChI is InChI=1S/C25H28F3N5O6/c1-17-7-8-18(14-30-17)15-33-21(16-35)22(32(2)23(36)29-9-4-10-34)31-24(33)38-12-11-37-19-5-3-6-20(13-19)39-25(26,27)28/h3,5-8,13-14,16,34H,4,9-12,15H2,1-2H3,(H,29,36). The number of pyridine rings is 1. The number of hydrogen-bond acceptors (Lipinski definition) is 8. The van der Waals surface area contributed by atoms with Gasteiger partial charge in [0.25, 0.3) is 6.01 Å². The second kappa shape index (κ2) is 13.5. The van der Waals surface area contributed by atoms with Crippen LogP contribution in [-0.4, -0.2) is 71.7 Å². The Morgan fingerprint density at radius 1 is 1.18 bits per heavy atom. The Hall–Kier alpha value is -4.33. The molecule has 2 N–H and O–H groups in total. The molecule has 0 saturated carbocycles. The highest BCUT2D eigenvalue weighted by Crippen LogP contribution is 2.27. The zero-order valence-electron chi connectivity index (χ0n) is 21.3. The molecule has 0 unspecified atom stereocenters. The Morgan fingerprint density at radius 3 is 2.59 bits per heavy atom. The van der Waals surface area contributed by atoms with Gasteiger partial charge >= 0.3 is 12.4 Å². The number of halogens is 3. The number of aldehydes is 1. The fourth-order valence-corrected chi connectivity index (χ4v) is 3.38. The Bertz CT molecular complexity index is 1250. The monoisotopic (exact) mass is 551 g/mol. The molecular formula is C25H28F3N5O6. The van der Waals surface area contributed by atoms with Gasteiger partial charge in [0, 0.05) is 38.2 Å². The lowest BCUT2D eigenvalue weighted by molar-refractivity contribution is -0.274. The summed E-state index contributed by atoms with van der Waals surface area (Å²) in [6.45, 7) is 1.96. The van der Waals surface area contributed by atoms with E-state index in [1.165, 1.54) is 23.7 Å². The molecule has 0 radical (unpaired) electrons. The topological polar surface area (TPSA) is 128 Å². The van der Waals surface area contributed by atoms with Crippen LogP contribution in [0.5, 0.6) is 17.5 Å². The highest BCUT2D eigenvalue weighted by Gasteiger charge is 2.31. The molecular weight excluding hydrogens is 523 g/mol. The molecule has 0 fully saturated rings. The maximum Gasteiger partial charge on any atom is 0.573 e. The summed E-state index contributed by atoms with van der Waals surface area (Å²) in [5.74, 6) is -0.258. The molecule has 2 heterocycles. The van der Waals surface area contributed by atoms with E-state index in [0.717, 1.165) is 28.3 Å². The molecule has 0 aliphatic rings. The molecule has 0 spiro atoms. The molecule has 11 nitrogen and oxygen atoms in total. The van der Waals surface area contributed by atoms with Gasteiger partial charge in [0.2, 0.25) is 0 Å². The van der Waals surface area contributed by atoms with Crippen LogP contribution in [0.4, 0.5) is 23.8 Å². The second-order valence-corrected chi connectivity index (χ2v) is 8.20. The summed E-state index contributed by atoms with van der Waals surface area (Å²) in [6.07, 6.45) is -2.29. The summed E-state index contributed by atoms with van der Waals surface area (Å²) in [6, 6.07) is 8.15. The Kier molecular flexibility index (Phi) is 10.1. The number of aliphatic hydroxyl groups excluding tert-OH is 1. The third kappa shape index (κ3) is 8.60. The van der Waals surface area contributed by atoms with Crippen molar-refractivity contribution in [2.45, 2.75) is 26.3 Å². The van der Waals surface area contributed by atoms with Gasteiger partial charge in [-0.1, -0.05) is 12.1 Å². The average Bonchev–Trinajstić information content (AvgIpc) is 3.23. The first-order valence-corrected chi connectivity index (χ1v) is 11.8. The number of nitrogens with one attached hydrogen (secondary N) is 1. The van der Waals surface area contributed by atoms with Crippen molar-refractivity contribution in [1.82, 2.24) is 19.9 Å². The zero-order valence-corrected chi connectivity index (χ0v) is 21.3. The number of carbonyl (C=O) groups excluding carboxylic acids is 2. The number of carbonyl (C=O) groups is 2. The number of aromatic nitrogens is 3. The maximum absolute atomic E-state index is 12.6. The quantitative estimate of drug-likeness (QED) is 0.245. The van der Waals surface area contributed by atoms with Gasteiger partial charge in [-0.05, 0) is 37.1 Å². The van der Waals surface area contributed by atoms with Gasteiger partial charge in [-0.15, -0.1) is 13.2 Å². The van der Waals surface area contributed by atoms with Crippen LogP contribution in [0.15, 0.2) is 42.6 Å². The van der Waals surface area contributed by atoms with Crippen LogP contribution in [0.2, 0.25) is 0 Å². The second-order valence-electron chi connectivity index (χ2n) is 8.20. The minimum Gasteiger partial charge on any atom is -0.490 e. The fourth-order valence-electron chi connectivity index (χ4n) is 3.38. The number of urea groups is 1. The lowest BCUT2D eigenvalue weighted by atomic mass is 10.2. The molecule has 39 heavy (non-hydrogen) atoms. The van der Waals surface area contributed by atoms with E-state index < -0.39 is 18.1 Å². The lowest BCUT2D eigenvalue weighted by Crippen LogP contribution is -2.38. The first kappa shape index (κ1) is 29.2. The van der Waals surface area contributed by atoms with Gasteiger partial charge < -0.3 is 24.6 Å². The lowest BCUT2D eigenvalue weighted by Gasteiger charge is -2.16. The van der Waals surface area contributed by atoms with Crippen LogP contribution in [0.1, 0.15) is 28.2 Å². The number of rotatable bonds is 13. The minimum atomic E-state index is -4.83. The van der Waals surface area contributed by atoms with Crippen molar-refractivity contribution in [2.24, 2.45) is 0 Å². The van der Waals surface area contributed by atoms with E-state index in [1.54, 1.807) is 12.3 Å². The number of anilines is 1. The number of hydrogen-bond donors (Lipinski definition) is 2. The van der Waals surface area contributed by atoms with E-state index >= 15 is 0 Å². The van der Waals surface area contributed by atoms with Gasteiger partial charge in [0.15, 0.2) is 12.1 Å². The van der Waals surface area contributed by atoms with E-state index in [9.17, 15) is 22.8 Å². The molecule has 0 bridgehead atoms. The highest BCUT2D eigenvalue weighted by atomic mass is 19.4. The number of nitrogens with zero attached hydrogens (tertiary/aromatic N) is 4. The number of ether oxygens (including phenoxy) is 3. The highest BCUT2D eigenvalue weighted by molar-refractivity contribution is 5.95. The summed E-state index contributed by atoms with van der Waals surface area (Å²) in [7, 11) is 1.43. The Morgan fingerprint density at radius 2 is 1.92 bits per heavy atom. The van der Waals surface area contributed by atoms with Crippen molar-refractivity contribution in [2.75, 3.05) is 38.3 Å². The van der Waals surface area contributed by atoms with Gasteiger partial charge in [-0.3, -0.25) is 19.2 Å². The molecule has 3 rings (SSSR count). The summed E-state index contributed by atoms with van der Waals surface area (Å²) in [4.78, 5) is 34.4. The third-order valence-corrected chi connectivity index (χ3v) is 5.23. The Balaban J connectivity index is 1.77. The van der Waals surface area contributed by atoms with Crippen molar-refractivity contribution in [3.8, 4) is 17.5 Å². The smallest absolute Gasteiger partial charge is 0.490 e. The first-order valence-electron chi connectivity index (χ1n) is 11.8.